The topological polar surface area (TPSA) is 73.6 Å². The maximum atomic E-state index is 13.1. The molecule has 0 saturated carbocycles. The van der Waals surface area contributed by atoms with E-state index >= 15 is 0 Å². The summed E-state index contributed by atoms with van der Waals surface area (Å²) in [5.41, 5.74) is 1.04. The molecule has 6 nitrogen and oxygen atoms in total. The van der Waals surface area contributed by atoms with Crippen molar-refractivity contribution in [2.45, 2.75) is 33.1 Å². The summed E-state index contributed by atoms with van der Waals surface area (Å²) in [6, 6.07) is 10.3. The fraction of sp³-hybridized carbons (Fsp3) is 0.238. The Balaban J connectivity index is 2.08. The number of benzene rings is 2. The van der Waals surface area contributed by atoms with Crippen LogP contribution in [0.15, 0.2) is 50.8 Å². The van der Waals surface area contributed by atoms with Crippen molar-refractivity contribution in [2.24, 2.45) is 5.10 Å². The van der Waals surface area contributed by atoms with E-state index in [-0.39, 0.29) is 22.2 Å². The van der Waals surface area contributed by atoms with E-state index in [1.165, 1.54) is 17.8 Å². The number of aromatic nitrogens is 2. The maximum absolute atomic E-state index is 13.1. The largest absolute Gasteiger partial charge is 0.425 e. The van der Waals surface area contributed by atoms with Gasteiger partial charge in [-0.1, -0.05) is 41.4 Å². The van der Waals surface area contributed by atoms with Crippen molar-refractivity contribution in [3.05, 3.63) is 67.6 Å². The second kappa shape index (κ2) is 8.88. The Kier molecular flexibility index (Phi) is 6.49. The molecule has 3 aromatic rings. The summed E-state index contributed by atoms with van der Waals surface area (Å²) < 4.78 is 7.15. The third kappa shape index (κ3) is 4.74. The maximum Gasteiger partial charge on any atom is 0.308 e. The van der Waals surface area contributed by atoms with Gasteiger partial charge in [-0.2, -0.15) is 9.78 Å². The van der Waals surface area contributed by atoms with Gasteiger partial charge in [0.2, 0.25) is 0 Å². The first-order valence-electron chi connectivity index (χ1n) is 9.04. The number of hydrogen-bond donors (Lipinski definition) is 0. The summed E-state index contributed by atoms with van der Waals surface area (Å²) in [6.07, 6.45) is 2.34. The number of esters is 1. The van der Waals surface area contributed by atoms with Gasteiger partial charge in [0.15, 0.2) is 0 Å². The molecule has 0 bridgehead atoms. The van der Waals surface area contributed by atoms with Crippen LogP contribution in [0, 0.1) is 0 Å². The minimum Gasteiger partial charge on any atom is -0.425 e. The summed E-state index contributed by atoms with van der Waals surface area (Å²) in [5, 5.41) is 5.15. The zero-order valence-electron chi connectivity index (χ0n) is 16.1. The average molecular weight is 477 g/mol. The van der Waals surface area contributed by atoms with E-state index in [0.717, 1.165) is 10.9 Å². The summed E-state index contributed by atoms with van der Waals surface area (Å²) in [4.78, 5) is 28.9. The van der Waals surface area contributed by atoms with Gasteiger partial charge < -0.3 is 4.74 Å². The predicted molar refractivity (Wildman–Crippen MR) is 118 cm³/mol. The zero-order valence-corrected chi connectivity index (χ0v) is 18.5. The number of carbonyl (C=O) groups is 1. The molecule has 0 aliphatic rings. The van der Waals surface area contributed by atoms with Crippen LogP contribution in [0.3, 0.4) is 0 Å². The third-order valence-corrected chi connectivity index (χ3v) is 5.21. The molecule has 0 saturated heterocycles. The van der Waals surface area contributed by atoms with Gasteiger partial charge in [0.05, 0.1) is 22.1 Å². The predicted octanol–water partition coefficient (Wildman–Crippen LogP) is 5.13. The molecule has 0 fully saturated rings. The van der Waals surface area contributed by atoms with Gasteiger partial charge in [-0.05, 0) is 48.4 Å². The molecular weight excluding hydrogens is 458 g/mol. The smallest absolute Gasteiger partial charge is 0.308 e. The minimum absolute atomic E-state index is 0.0443. The van der Waals surface area contributed by atoms with Crippen molar-refractivity contribution in [3.63, 3.8) is 0 Å². The molecule has 0 aliphatic heterocycles. The first kappa shape index (κ1) is 21.2. The van der Waals surface area contributed by atoms with E-state index in [1.54, 1.807) is 24.3 Å². The first-order valence-corrected chi connectivity index (χ1v) is 10.2. The van der Waals surface area contributed by atoms with Gasteiger partial charge in [0, 0.05) is 17.3 Å². The van der Waals surface area contributed by atoms with Crippen LogP contribution in [0.5, 0.6) is 5.75 Å². The lowest BCUT2D eigenvalue weighted by Crippen LogP contribution is -2.23. The minimum atomic E-state index is -0.452. The standard InChI is InChI=1S/C21H19BrClN3O3/c1-4-12(2)20-25-18-7-6-15(22)10-16(18)21(28)26(20)24-11-14-5-8-19(17(23)9-14)29-13(3)27/h5-12H,4H2,1-3H3/t12-/m1/s1. The highest BCUT2D eigenvalue weighted by atomic mass is 79.9. The number of nitrogens with zero attached hydrogens (tertiary/aromatic N) is 3. The molecule has 1 heterocycles. The lowest BCUT2D eigenvalue weighted by molar-refractivity contribution is -0.131. The van der Waals surface area contributed by atoms with Crippen molar-refractivity contribution in [2.75, 3.05) is 0 Å². The van der Waals surface area contributed by atoms with Gasteiger partial charge in [-0.25, -0.2) is 4.98 Å². The molecule has 8 heteroatoms. The molecule has 150 valence electrons. The van der Waals surface area contributed by atoms with E-state index in [4.69, 9.17) is 16.3 Å². The lowest BCUT2D eigenvalue weighted by atomic mass is 10.1. The average Bonchev–Trinajstić information content (AvgIpc) is 2.68. The molecule has 0 amide bonds. The Morgan fingerprint density at radius 3 is 2.76 bits per heavy atom. The number of hydrogen-bond acceptors (Lipinski definition) is 5. The zero-order chi connectivity index (χ0) is 21.1. The highest BCUT2D eigenvalue weighted by molar-refractivity contribution is 9.10. The van der Waals surface area contributed by atoms with Crippen molar-refractivity contribution in [1.82, 2.24) is 9.66 Å². The Morgan fingerprint density at radius 2 is 2.10 bits per heavy atom. The molecule has 2 aromatic carbocycles. The van der Waals surface area contributed by atoms with Crippen LogP contribution in [0.2, 0.25) is 5.02 Å². The van der Waals surface area contributed by atoms with Gasteiger partial charge in [-0.3, -0.25) is 9.59 Å². The molecule has 0 radical (unpaired) electrons. The van der Waals surface area contributed by atoms with E-state index in [2.05, 4.69) is 26.0 Å². The summed E-state index contributed by atoms with van der Waals surface area (Å²) in [7, 11) is 0. The normalized spacial score (nSPS) is 12.4. The Hall–Kier alpha value is -2.51. The molecule has 0 spiro atoms. The van der Waals surface area contributed by atoms with E-state index in [9.17, 15) is 9.59 Å². The van der Waals surface area contributed by atoms with Crippen LogP contribution in [0.25, 0.3) is 10.9 Å². The molecule has 0 unspecified atom stereocenters. The van der Waals surface area contributed by atoms with Gasteiger partial charge in [-0.15, -0.1) is 0 Å². The SMILES string of the molecule is CC[C@@H](C)c1nc2ccc(Br)cc2c(=O)n1N=Cc1ccc(OC(C)=O)c(Cl)c1. The van der Waals surface area contributed by atoms with E-state index in [1.807, 2.05) is 26.0 Å². The quantitative estimate of drug-likeness (QED) is 0.290. The summed E-state index contributed by atoms with van der Waals surface area (Å²) >= 11 is 9.56. The van der Waals surface area contributed by atoms with E-state index in [0.29, 0.717) is 22.3 Å². The van der Waals surface area contributed by atoms with Gasteiger partial charge in [0.1, 0.15) is 11.6 Å². The van der Waals surface area contributed by atoms with Crippen LogP contribution in [-0.2, 0) is 4.79 Å². The van der Waals surface area contributed by atoms with Crippen LogP contribution in [0.4, 0.5) is 0 Å². The summed E-state index contributed by atoms with van der Waals surface area (Å²) in [6.45, 7) is 5.34. The Bertz CT molecular complexity index is 1170. The fourth-order valence-corrected chi connectivity index (χ4v) is 3.33. The second-order valence-corrected chi connectivity index (χ2v) is 7.91. The molecular formula is C21H19BrClN3O3. The van der Waals surface area contributed by atoms with Crippen LogP contribution in [-0.4, -0.2) is 21.8 Å². The fourth-order valence-electron chi connectivity index (χ4n) is 2.74. The van der Waals surface area contributed by atoms with Crippen LogP contribution < -0.4 is 10.3 Å². The first-order chi connectivity index (χ1) is 13.8. The second-order valence-electron chi connectivity index (χ2n) is 6.59. The van der Waals surface area contributed by atoms with Crippen molar-refractivity contribution < 1.29 is 9.53 Å². The van der Waals surface area contributed by atoms with Gasteiger partial charge in [0.25, 0.3) is 5.56 Å². The number of halogens is 2. The number of fused-ring (bicyclic) bond motifs is 1. The van der Waals surface area contributed by atoms with Crippen LogP contribution >= 0.6 is 27.5 Å². The molecule has 3 rings (SSSR count). The van der Waals surface area contributed by atoms with E-state index < -0.39 is 5.97 Å². The highest BCUT2D eigenvalue weighted by Gasteiger charge is 2.15. The monoisotopic (exact) mass is 475 g/mol. The summed E-state index contributed by atoms with van der Waals surface area (Å²) in [5.74, 6) is 0.450. The van der Waals surface area contributed by atoms with Crippen molar-refractivity contribution in [1.29, 1.82) is 0 Å². The molecule has 0 N–H and O–H groups in total. The third-order valence-electron chi connectivity index (χ3n) is 4.42. The Labute approximate surface area is 181 Å². The number of carbonyl (C=O) groups excluding carboxylic acids is 1. The van der Waals surface area contributed by atoms with Crippen molar-refractivity contribution in [3.8, 4) is 5.75 Å². The lowest BCUT2D eigenvalue weighted by Gasteiger charge is -2.14. The Morgan fingerprint density at radius 1 is 1.34 bits per heavy atom. The van der Waals surface area contributed by atoms with Crippen molar-refractivity contribution >= 4 is 50.6 Å². The molecule has 1 aromatic heterocycles. The molecule has 29 heavy (non-hydrogen) atoms. The van der Waals surface area contributed by atoms with Crippen LogP contribution in [0.1, 0.15) is 44.5 Å². The highest BCUT2D eigenvalue weighted by Crippen LogP contribution is 2.25. The molecule has 1 atom stereocenters. The molecule has 0 aliphatic carbocycles. The van der Waals surface area contributed by atoms with Gasteiger partial charge >= 0.3 is 5.97 Å². The number of rotatable bonds is 5. The number of ether oxygens (including phenoxy) is 1.